The Kier molecular flexibility index (Phi) is 31.4. The number of aryl methyl sites for hydroxylation is 6. The van der Waals surface area contributed by atoms with Gasteiger partial charge in [0.1, 0.15) is 0 Å². The SMILES string of the molecule is CC.CC.CC.CC.CC.CC.CC.CC.CN1c2c(ccc3ccccc23)CCc2ccc3ccccc3c21.CN1c2cc3ccccc3cc2CCc2cc3ccccc3cc21.CN1c2ccc3ccccc3c2CCc2c1ccc1ccccc21.CN1c2ccccc2C=Cc2cc3cc4ccccc4cc3cc21. The first kappa shape index (κ1) is 84.6. The fraction of sp³-hybridized carbons (Fsp3) is 0.241. The van der Waals surface area contributed by atoms with Crippen molar-refractivity contribution >= 4 is 144 Å². The van der Waals surface area contributed by atoms with E-state index in [4.69, 9.17) is 0 Å². The van der Waals surface area contributed by atoms with Gasteiger partial charge in [-0.15, -0.1) is 0 Å². The fourth-order valence-electron chi connectivity index (χ4n) is 16.0. The van der Waals surface area contributed by atoms with Crippen LogP contribution in [0.4, 0.5) is 45.5 Å². The van der Waals surface area contributed by atoms with E-state index < -0.39 is 0 Å². The summed E-state index contributed by atoms with van der Waals surface area (Å²) >= 11 is 0. The minimum Gasteiger partial charge on any atom is -0.344 e. The average Bonchev–Trinajstić information content (AvgIpc) is 1.35. The molecule has 0 saturated heterocycles. The molecule has 0 amide bonds. The molecule has 4 heteroatoms. The van der Waals surface area contributed by atoms with Gasteiger partial charge in [0.2, 0.25) is 0 Å². The van der Waals surface area contributed by atoms with Crippen LogP contribution in [0.25, 0.3) is 98.3 Å². The third kappa shape index (κ3) is 17.9. The first-order valence-electron chi connectivity index (χ1n) is 42.0. The Morgan fingerprint density at radius 2 is 0.464 bits per heavy atom. The second-order valence-corrected chi connectivity index (χ2v) is 26.4. The quantitative estimate of drug-likeness (QED) is 0.140. The molecule has 0 N–H and O–H groups in total. The lowest BCUT2D eigenvalue weighted by Gasteiger charge is -2.25. The highest BCUT2D eigenvalue weighted by molar-refractivity contribution is 6.06. The molecule has 0 radical (unpaired) electrons. The van der Waals surface area contributed by atoms with Crippen molar-refractivity contribution < 1.29 is 0 Å². The lowest BCUT2D eigenvalue weighted by atomic mass is 9.96. The second-order valence-electron chi connectivity index (χ2n) is 26.4. The Bertz CT molecular complexity index is 5510. The maximum Gasteiger partial charge on any atom is 0.0520 e. The van der Waals surface area contributed by atoms with Crippen molar-refractivity contribution in [1.82, 2.24) is 0 Å². The highest BCUT2D eigenvalue weighted by atomic mass is 15.1. The van der Waals surface area contributed by atoms with Crippen LogP contribution in [0.2, 0.25) is 0 Å². The van der Waals surface area contributed by atoms with E-state index in [0.717, 1.165) is 38.5 Å². The summed E-state index contributed by atoms with van der Waals surface area (Å²) in [4.78, 5) is 9.45. The van der Waals surface area contributed by atoms with E-state index in [1.807, 2.05) is 111 Å². The average molecular weight is 1480 g/mol. The first-order valence-corrected chi connectivity index (χ1v) is 42.0. The number of nitrogens with zero attached hydrogens (tertiary/aromatic N) is 4. The Morgan fingerprint density at radius 1 is 0.179 bits per heavy atom. The van der Waals surface area contributed by atoms with Gasteiger partial charge in [-0.2, -0.15) is 0 Å². The molecule has 0 saturated carbocycles. The van der Waals surface area contributed by atoms with Gasteiger partial charge in [-0.05, 0) is 225 Å². The molecule has 0 spiro atoms. The summed E-state index contributed by atoms with van der Waals surface area (Å²) in [5.74, 6) is 0. The monoisotopic (exact) mass is 1470 g/mol. The van der Waals surface area contributed by atoms with Crippen LogP contribution in [0, 0.1) is 0 Å². The zero-order chi connectivity index (χ0) is 80.4. The third-order valence-corrected chi connectivity index (χ3v) is 20.9. The van der Waals surface area contributed by atoms with Crippen molar-refractivity contribution in [2.75, 3.05) is 47.8 Å². The van der Waals surface area contributed by atoms with Gasteiger partial charge in [0, 0.05) is 73.1 Å². The van der Waals surface area contributed by atoms with Gasteiger partial charge >= 0.3 is 0 Å². The maximum atomic E-state index is 2.42. The molecule has 0 bridgehead atoms. The Labute approximate surface area is 672 Å². The summed E-state index contributed by atoms with van der Waals surface area (Å²) in [6.45, 7) is 32.0. The van der Waals surface area contributed by atoms with E-state index in [0.29, 0.717) is 0 Å². The number of benzene rings is 16. The molecule has 0 atom stereocenters. The van der Waals surface area contributed by atoms with Crippen LogP contribution in [-0.2, 0) is 38.5 Å². The standard InChI is InChI=1S/3C23H19N.C23H17N.8C2H6/c1-24-22-14-10-16-6-2-4-8-18(16)20(22)12-13-21-19-9-5-3-7-17(19)11-15-23(21)24;1-24-22-18(12-10-16-6-2-4-8-20(16)22)14-15-19-13-11-17-7-3-5-9-21(17)23(19)24;1-24-22-14-18-8-4-2-6-16(18)12-20(22)10-11-21-13-17-7-3-5-9-19(17)15-23(21)24;1-24-22-9-5-4-6-16(22)10-11-19-14-20-12-17-7-2-3-8-18(17)13-21(20)15-23(19)24;8*1-2/h2-11,14-15H,12-13H2,1H3;2-13H,14-15H2,1H3;2-9,12-15H,10-11H2,1H3;2-15H,1H3;8*1-2H3. The highest BCUT2D eigenvalue weighted by Gasteiger charge is 2.25. The van der Waals surface area contributed by atoms with Crippen LogP contribution in [0.1, 0.15) is 155 Å². The first-order chi connectivity index (χ1) is 55.2. The molecule has 4 nitrogen and oxygen atoms in total. The van der Waals surface area contributed by atoms with Crippen molar-refractivity contribution in [3.63, 3.8) is 0 Å². The van der Waals surface area contributed by atoms with Crippen LogP contribution in [-0.4, -0.2) is 28.2 Å². The molecule has 4 aliphatic heterocycles. The number of para-hydroxylation sites is 1. The molecular formula is C108H122N4. The van der Waals surface area contributed by atoms with Crippen molar-refractivity contribution in [2.45, 2.75) is 149 Å². The maximum absolute atomic E-state index is 2.42. The van der Waals surface area contributed by atoms with E-state index >= 15 is 0 Å². The van der Waals surface area contributed by atoms with Crippen molar-refractivity contribution in [1.29, 1.82) is 0 Å². The van der Waals surface area contributed by atoms with Gasteiger partial charge in [-0.3, -0.25) is 0 Å². The number of fused-ring (bicyclic) bond motifs is 20. The minimum atomic E-state index is 1.09. The van der Waals surface area contributed by atoms with Gasteiger partial charge in [0.25, 0.3) is 0 Å². The van der Waals surface area contributed by atoms with Crippen LogP contribution in [0.5, 0.6) is 0 Å². The lowest BCUT2D eigenvalue weighted by Crippen LogP contribution is -2.12. The largest absolute Gasteiger partial charge is 0.344 e. The van der Waals surface area contributed by atoms with Crippen molar-refractivity contribution in [3.8, 4) is 0 Å². The van der Waals surface area contributed by atoms with Gasteiger partial charge in [0.15, 0.2) is 0 Å². The predicted molar refractivity (Wildman–Crippen MR) is 506 cm³/mol. The number of anilines is 8. The minimum absolute atomic E-state index is 1.09. The number of rotatable bonds is 0. The molecule has 0 aliphatic carbocycles. The molecular weight excluding hydrogens is 1350 g/mol. The molecule has 4 heterocycles. The second kappa shape index (κ2) is 41.5. The van der Waals surface area contributed by atoms with E-state index in [1.54, 1.807) is 0 Å². The third-order valence-electron chi connectivity index (χ3n) is 20.9. The molecule has 16 aromatic rings. The van der Waals surface area contributed by atoms with Gasteiger partial charge in [-0.1, -0.05) is 347 Å². The summed E-state index contributed by atoms with van der Waals surface area (Å²) in [5, 5.41) is 21.2. The molecule has 112 heavy (non-hydrogen) atoms. The van der Waals surface area contributed by atoms with Gasteiger partial charge in [0.05, 0.1) is 11.4 Å². The summed E-state index contributed by atoms with van der Waals surface area (Å²) in [6.07, 6.45) is 11.0. The highest BCUT2D eigenvalue weighted by Crippen LogP contribution is 2.46. The normalized spacial score (nSPS) is 12.0. The van der Waals surface area contributed by atoms with Crippen LogP contribution >= 0.6 is 0 Å². The molecule has 574 valence electrons. The van der Waals surface area contributed by atoms with Crippen LogP contribution in [0.15, 0.2) is 291 Å². The fourth-order valence-corrected chi connectivity index (χ4v) is 16.0. The summed E-state index contributed by atoms with van der Waals surface area (Å²) < 4.78 is 0. The van der Waals surface area contributed by atoms with Crippen LogP contribution < -0.4 is 19.6 Å². The topological polar surface area (TPSA) is 13.0 Å². The number of hydrogen-bond acceptors (Lipinski definition) is 4. The van der Waals surface area contributed by atoms with Crippen LogP contribution in [0.3, 0.4) is 0 Å². The van der Waals surface area contributed by atoms with E-state index in [-0.39, 0.29) is 0 Å². The molecule has 16 aromatic carbocycles. The Hall–Kier alpha value is -11.5. The molecule has 20 rings (SSSR count). The van der Waals surface area contributed by atoms with E-state index in [1.165, 1.54) is 176 Å². The lowest BCUT2D eigenvalue weighted by molar-refractivity contribution is 0.980. The molecule has 0 unspecified atom stereocenters. The predicted octanol–water partition coefficient (Wildman–Crippen LogP) is 32.0. The Morgan fingerprint density at radius 3 is 0.884 bits per heavy atom. The van der Waals surface area contributed by atoms with Gasteiger partial charge in [-0.25, -0.2) is 0 Å². The zero-order valence-electron chi connectivity index (χ0n) is 70.9. The summed E-state index contributed by atoms with van der Waals surface area (Å²) in [5.41, 5.74) is 21.8. The van der Waals surface area contributed by atoms with E-state index in [2.05, 4.69) is 351 Å². The molecule has 4 aliphatic rings. The Balaban J connectivity index is 0.000000161. The smallest absolute Gasteiger partial charge is 0.0520 e. The molecule has 0 fully saturated rings. The zero-order valence-corrected chi connectivity index (χ0v) is 70.9. The van der Waals surface area contributed by atoms with Crippen molar-refractivity contribution in [3.05, 3.63) is 336 Å². The number of hydrogen-bond donors (Lipinski definition) is 0. The van der Waals surface area contributed by atoms with Crippen molar-refractivity contribution in [2.24, 2.45) is 0 Å². The van der Waals surface area contributed by atoms with Gasteiger partial charge < -0.3 is 19.6 Å². The molecule has 0 aromatic heterocycles. The summed E-state index contributed by atoms with van der Waals surface area (Å²) in [7, 11) is 8.78. The van der Waals surface area contributed by atoms with E-state index in [9.17, 15) is 0 Å². The summed E-state index contributed by atoms with van der Waals surface area (Å²) in [6, 6.07) is 106.